The second-order valence-corrected chi connectivity index (χ2v) is 7.64. The van der Waals surface area contributed by atoms with E-state index < -0.39 is 0 Å². The van der Waals surface area contributed by atoms with Crippen LogP contribution < -0.4 is 14.2 Å². The highest BCUT2D eigenvalue weighted by molar-refractivity contribution is 5.85. The lowest BCUT2D eigenvalue weighted by atomic mass is 9.77. The van der Waals surface area contributed by atoms with Gasteiger partial charge in [-0.1, -0.05) is 31.9 Å². The first-order chi connectivity index (χ1) is 13.7. The van der Waals surface area contributed by atoms with Crippen molar-refractivity contribution in [1.29, 1.82) is 0 Å². The Labute approximate surface area is 166 Å². The molecular formula is C24H28O4. The summed E-state index contributed by atoms with van der Waals surface area (Å²) in [5, 5.41) is 0. The molecule has 2 aromatic rings. The molecule has 1 aliphatic heterocycles. The first-order valence-corrected chi connectivity index (χ1v) is 10.4. The molecule has 0 saturated heterocycles. The molecule has 0 aromatic heterocycles. The van der Waals surface area contributed by atoms with Gasteiger partial charge in [0.1, 0.15) is 11.5 Å². The van der Waals surface area contributed by atoms with Crippen molar-refractivity contribution in [2.24, 2.45) is 0 Å². The summed E-state index contributed by atoms with van der Waals surface area (Å²) in [5.41, 5.74) is 4.59. The van der Waals surface area contributed by atoms with Crippen LogP contribution in [0.25, 0.3) is 0 Å². The van der Waals surface area contributed by atoms with Crippen LogP contribution >= 0.6 is 0 Å². The Bertz CT molecular complexity index is 871. The molecule has 4 nitrogen and oxygen atoms in total. The van der Waals surface area contributed by atoms with Crippen molar-refractivity contribution in [2.45, 2.75) is 58.3 Å². The van der Waals surface area contributed by atoms with Gasteiger partial charge in [0.05, 0.1) is 6.61 Å². The molecule has 1 atom stereocenters. The maximum absolute atomic E-state index is 12.5. The van der Waals surface area contributed by atoms with Crippen LogP contribution in [-0.4, -0.2) is 19.2 Å². The second-order valence-electron chi connectivity index (χ2n) is 7.64. The smallest absolute Gasteiger partial charge is 0.231 e. The van der Waals surface area contributed by atoms with Crippen LogP contribution in [0.2, 0.25) is 0 Å². The maximum atomic E-state index is 12.5. The molecule has 0 amide bonds. The molecule has 2 aromatic carbocycles. The van der Waals surface area contributed by atoms with E-state index in [2.05, 4.69) is 31.2 Å². The van der Waals surface area contributed by atoms with E-state index >= 15 is 0 Å². The third-order valence-corrected chi connectivity index (χ3v) is 5.65. The van der Waals surface area contributed by atoms with Gasteiger partial charge < -0.3 is 14.2 Å². The Balaban J connectivity index is 1.71. The zero-order valence-electron chi connectivity index (χ0n) is 16.8. The van der Waals surface area contributed by atoms with Crippen LogP contribution in [0.1, 0.15) is 67.7 Å². The number of hydrogen-bond donors (Lipinski definition) is 0. The fourth-order valence-corrected chi connectivity index (χ4v) is 4.26. The standard InChI is InChI=1S/C24H28O4/c1-3-5-6-7-16-8-9-19(22(10-16)26-4-2)21-13-18(25)11-17-12-23-24(14-20(17)21)28-15-27-23/h8-10,12,14,21H,3-7,11,13,15H2,1-2H3. The van der Waals surface area contributed by atoms with Crippen molar-refractivity contribution >= 4 is 5.78 Å². The van der Waals surface area contributed by atoms with E-state index in [4.69, 9.17) is 14.2 Å². The van der Waals surface area contributed by atoms with Crippen molar-refractivity contribution < 1.29 is 19.0 Å². The molecular weight excluding hydrogens is 352 g/mol. The number of carbonyl (C=O) groups is 1. The van der Waals surface area contributed by atoms with Crippen molar-refractivity contribution in [3.63, 3.8) is 0 Å². The Kier molecular flexibility index (Phi) is 5.56. The molecule has 2 aliphatic rings. The largest absolute Gasteiger partial charge is 0.494 e. The number of hydrogen-bond acceptors (Lipinski definition) is 4. The average Bonchev–Trinajstić information content (AvgIpc) is 3.14. The lowest BCUT2D eigenvalue weighted by Gasteiger charge is -2.27. The molecule has 4 rings (SSSR count). The highest BCUT2D eigenvalue weighted by Gasteiger charge is 2.31. The Morgan fingerprint density at radius 3 is 2.64 bits per heavy atom. The summed E-state index contributed by atoms with van der Waals surface area (Å²) in [6.07, 6.45) is 5.67. The minimum atomic E-state index is -0.00279. The number of ether oxygens (including phenoxy) is 3. The van der Waals surface area contributed by atoms with Gasteiger partial charge in [-0.15, -0.1) is 0 Å². The highest BCUT2D eigenvalue weighted by Crippen LogP contribution is 2.45. The van der Waals surface area contributed by atoms with Crippen LogP contribution in [-0.2, 0) is 17.6 Å². The van der Waals surface area contributed by atoms with Crippen LogP contribution in [0.4, 0.5) is 0 Å². The number of unbranched alkanes of at least 4 members (excludes halogenated alkanes) is 2. The highest BCUT2D eigenvalue weighted by atomic mass is 16.7. The summed E-state index contributed by atoms with van der Waals surface area (Å²) < 4.78 is 17.1. The molecule has 1 unspecified atom stereocenters. The summed E-state index contributed by atoms with van der Waals surface area (Å²) in [6, 6.07) is 10.5. The van der Waals surface area contributed by atoms with Crippen LogP contribution in [0.15, 0.2) is 30.3 Å². The van der Waals surface area contributed by atoms with E-state index in [-0.39, 0.29) is 18.5 Å². The molecule has 0 saturated carbocycles. The molecule has 0 radical (unpaired) electrons. The van der Waals surface area contributed by atoms with Gasteiger partial charge >= 0.3 is 0 Å². The molecule has 0 spiro atoms. The molecule has 0 bridgehead atoms. The topological polar surface area (TPSA) is 44.8 Å². The lowest BCUT2D eigenvalue weighted by Crippen LogP contribution is -2.20. The van der Waals surface area contributed by atoms with E-state index in [1.807, 2.05) is 13.0 Å². The maximum Gasteiger partial charge on any atom is 0.231 e. The minimum Gasteiger partial charge on any atom is -0.494 e. The van der Waals surface area contributed by atoms with Gasteiger partial charge in [0.2, 0.25) is 6.79 Å². The third-order valence-electron chi connectivity index (χ3n) is 5.65. The van der Waals surface area contributed by atoms with Gasteiger partial charge in [-0.25, -0.2) is 0 Å². The number of Topliss-reactive ketones (excluding diaryl/α,β-unsaturated/α-hetero) is 1. The van der Waals surface area contributed by atoms with E-state index in [0.717, 1.165) is 40.4 Å². The van der Waals surface area contributed by atoms with Crippen molar-refractivity contribution in [3.05, 3.63) is 52.6 Å². The van der Waals surface area contributed by atoms with Gasteiger partial charge in [-0.05, 0) is 54.7 Å². The zero-order valence-corrected chi connectivity index (χ0v) is 16.8. The Morgan fingerprint density at radius 1 is 1.04 bits per heavy atom. The molecule has 0 fully saturated rings. The van der Waals surface area contributed by atoms with Crippen molar-refractivity contribution in [1.82, 2.24) is 0 Å². The predicted octanol–water partition coefficient (Wildman–Crippen LogP) is 5.19. The lowest BCUT2D eigenvalue weighted by molar-refractivity contribution is -0.119. The fraction of sp³-hybridized carbons (Fsp3) is 0.458. The molecule has 148 valence electrons. The summed E-state index contributed by atoms with van der Waals surface area (Å²) >= 11 is 0. The minimum absolute atomic E-state index is 0.00279. The fourth-order valence-electron chi connectivity index (χ4n) is 4.26. The van der Waals surface area contributed by atoms with Crippen LogP contribution in [0.3, 0.4) is 0 Å². The van der Waals surface area contributed by atoms with Gasteiger partial charge in [-0.3, -0.25) is 4.79 Å². The number of ketones is 1. The van der Waals surface area contributed by atoms with E-state index in [0.29, 0.717) is 19.4 Å². The zero-order chi connectivity index (χ0) is 19.5. The first-order valence-electron chi connectivity index (χ1n) is 10.4. The van der Waals surface area contributed by atoms with Crippen molar-refractivity contribution in [2.75, 3.05) is 13.4 Å². The second kappa shape index (κ2) is 8.26. The third kappa shape index (κ3) is 3.73. The molecule has 28 heavy (non-hydrogen) atoms. The van der Waals surface area contributed by atoms with Crippen LogP contribution in [0, 0.1) is 0 Å². The monoisotopic (exact) mass is 380 g/mol. The Hall–Kier alpha value is -2.49. The molecule has 1 heterocycles. The first kappa shape index (κ1) is 18.9. The van der Waals surface area contributed by atoms with Crippen molar-refractivity contribution in [3.8, 4) is 17.2 Å². The number of benzene rings is 2. The number of fused-ring (bicyclic) bond motifs is 2. The number of carbonyl (C=O) groups excluding carboxylic acids is 1. The van der Waals surface area contributed by atoms with Gasteiger partial charge in [-0.2, -0.15) is 0 Å². The molecule has 4 heteroatoms. The van der Waals surface area contributed by atoms with Crippen LogP contribution in [0.5, 0.6) is 17.2 Å². The van der Waals surface area contributed by atoms with E-state index in [1.54, 1.807) is 0 Å². The summed E-state index contributed by atoms with van der Waals surface area (Å²) in [6.45, 7) is 5.08. The Morgan fingerprint density at radius 2 is 1.86 bits per heavy atom. The summed E-state index contributed by atoms with van der Waals surface area (Å²) in [5.74, 6) is 2.67. The number of aryl methyl sites for hydroxylation is 1. The quantitative estimate of drug-likeness (QED) is 0.620. The van der Waals surface area contributed by atoms with Gasteiger partial charge in [0.15, 0.2) is 11.5 Å². The number of rotatable bonds is 7. The van der Waals surface area contributed by atoms with E-state index in [9.17, 15) is 4.79 Å². The molecule has 1 aliphatic carbocycles. The van der Waals surface area contributed by atoms with E-state index in [1.165, 1.54) is 24.8 Å². The summed E-state index contributed by atoms with van der Waals surface area (Å²) in [4.78, 5) is 12.5. The SMILES string of the molecule is CCCCCc1ccc(C2CC(=O)Cc3cc4c(cc32)OCO4)c(OCC)c1. The van der Waals surface area contributed by atoms with Gasteiger partial charge in [0, 0.05) is 24.3 Å². The summed E-state index contributed by atoms with van der Waals surface area (Å²) in [7, 11) is 0. The average molecular weight is 380 g/mol. The molecule has 0 N–H and O–H groups in total. The van der Waals surface area contributed by atoms with Gasteiger partial charge in [0.25, 0.3) is 0 Å². The predicted molar refractivity (Wildman–Crippen MR) is 109 cm³/mol. The normalized spacial score (nSPS) is 17.5.